The van der Waals surface area contributed by atoms with Crippen LogP contribution in [0.1, 0.15) is 64.7 Å². The summed E-state index contributed by atoms with van der Waals surface area (Å²) in [5, 5.41) is 0. The summed E-state index contributed by atoms with van der Waals surface area (Å²) in [6, 6.07) is 0. The Morgan fingerprint density at radius 1 is 0.667 bits per heavy atom. The number of rotatable bonds is 9. The summed E-state index contributed by atoms with van der Waals surface area (Å²) in [6.07, 6.45) is 14.4. The van der Waals surface area contributed by atoms with Gasteiger partial charge in [-0.2, -0.15) is 0 Å². The highest BCUT2D eigenvalue weighted by molar-refractivity contribution is 6.08. The Morgan fingerprint density at radius 2 is 1.08 bits per heavy atom. The van der Waals surface area contributed by atoms with E-state index in [1.54, 1.807) is 0 Å². The van der Waals surface area contributed by atoms with Gasteiger partial charge >= 0.3 is 0 Å². The molecule has 0 aliphatic rings. The molecule has 0 N–H and O–H groups in total. The minimum Gasteiger partial charge on any atom is -0.0811 e. The minimum atomic E-state index is 1.37. The van der Waals surface area contributed by atoms with Crippen molar-refractivity contribution in [3.63, 3.8) is 0 Å². The maximum atomic E-state index is 2.28. The smallest absolute Gasteiger partial charge is 0.0811 e. The van der Waals surface area contributed by atoms with E-state index < -0.39 is 0 Å². The highest BCUT2D eigenvalue weighted by Crippen LogP contribution is 2.09. The van der Waals surface area contributed by atoms with E-state index in [2.05, 4.69) is 14.8 Å². The third kappa shape index (κ3) is 10.1. The van der Waals surface area contributed by atoms with Crippen LogP contribution < -0.4 is 0 Å². The number of hydrogen-bond donors (Lipinski definition) is 0. The van der Waals surface area contributed by atoms with Crippen molar-refractivity contribution in [3.05, 3.63) is 0 Å². The zero-order valence-corrected chi connectivity index (χ0v) is 9.07. The third-order valence-electron chi connectivity index (χ3n) is 2.46. The molecule has 0 rings (SSSR count). The zero-order chi connectivity index (χ0) is 9.07. The van der Waals surface area contributed by atoms with Gasteiger partial charge in [0.15, 0.2) is 0 Å². The summed E-state index contributed by atoms with van der Waals surface area (Å²) in [6.45, 7) is 2.28. The van der Waals surface area contributed by atoms with Gasteiger partial charge in [-0.1, -0.05) is 71.0 Å². The monoisotopic (exact) mass is 168 g/mol. The van der Waals surface area contributed by atoms with Crippen molar-refractivity contribution in [3.8, 4) is 0 Å². The summed E-state index contributed by atoms with van der Waals surface area (Å²) in [5.74, 6) is 0. The maximum Gasteiger partial charge on any atom is 0.101 e. The highest BCUT2D eigenvalue weighted by Gasteiger charge is 1.90. The molecule has 0 fully saturated rings. The fourth-order valence-electron chi connectivity index (χ4n) is 1.56. The quantitative estimate of drug-likeness (QED) is 0.364. The van der Waals surface area contributed by atoms with Gasteiger partial charge in [-0.3, -0.25) is 0 Å². The second-order valence-corrected chi connectivity index (χ2v) is 3.83. The van der Waals surface area contributed by atoms with Gasteiger partial charge in [-0.15, -0.1) is 0 Å². The van der Waals surface area contributed by atoms with Crippen LogP contribution in [0.5, 0.6) is 0 Å². The van der Waals surface area contributed by atoms with E-state index in [1.807, 2.05) is 0 Å². The Labute approximate surface area is 79.5 Å². The van der Waals surface area contributed by atoms with E-state index in [9.17, 15) is 0 Å². The predicted octanol–water partition coefficient (Wildman–Crippen LogP) is 3.57. The first-order valence-corrected chi connectivity index (χ1v) is 5.91. The van der Waals surface area contributed by atoms with E-state index in [4.69, 9.17) is 0 Å². The molecule has 0 saturated carbocycles. The minimum absolute atomic E-state index is 1.37. The molecule has 1 heteroatoms. The SMILES string of the molecule is BCCCCCCCCCCC. The molecule has 12 heavy (non-hydrogen) atoms. The number of unbranched alkanes of at least 4 members (excludes halogenated alkanes) is 8. The van der Waals surface area contributed by atoms with Crippen molar-refractivity contribution >= 4 is 7.85 Å². The third-order valence-corrected chi connectivity index (χ3v) is 2.46. The highest BCUT2D eigenvalue weighted by atomic mass is 14.0. The van der Waals surface area contributed by atoms with Crippen LogP contribution in [0.4, 0.5) is 0 Å². The topological polar surface area (TPSA) is 0 Å². The van der Waals surface area contributed by atoms with Gasteiger partial charge in [0.05, 0.1) is 0 Å². The van der Waals surface area contributed by atoms with Crippen LogP contribution in [0.15, 0.2) is 0 Å². The van der Waals surface area contributed by atoms with Crippen LogP contribution in [0.3, 0.4) is 0 Å². The Kier molecular flexibility index (Phi) is 11.1. The molecule has 0 aliphatic carbocycles. The molecule has 0 nitrogen and oxygen atoms in total. The lowest BCUT2D eigenvalue weighted by atomic mass is 9.98. The zero-order valence-electron chi connectivity index (χ0n) is 9.07. The van der Waals surface area contributed by atoms with E-state index in [-0.39, 0.29) is 0 Å². The molecule has 0 aromatic heterocycles. The fourth-order valence-corrected chi connectivity index (χ4v) is 1.56. The predicted molar refractivity (Wildman–Crippen MR) is 60.6 cm³/mol. The summed E-state index contributed by atoms with van der Waals surface area (Å²) in [5.41, 5.74) is 0. The van der Waals surface area contributed by atoms with Crippen LogP contribution in [0, 0.1) is 0 Å². The first kappa shape index (κ1) is 12.1. The molecule has 0 spiro atoms. The normalized spacial score (nSPS) is 10.4. The Morgan fingerprint density at radius 3 is 1.50 bits per heavy atom. The lowest BCUT2D eigenvalue weighted by molar-refractivity contribution is 0.572. The molecule has 0 bridgehead atoms. The van der Waals surface area contributed by atoms with Gasteiger partial charge in [0.25, 0.3) is 0 Å². The van der Waals surface area contributed by atoms with Crippen LogP contribution in [-0.4, -0.2) is 7.85 Å². The van der Waals surface area contributed by atoms with Crippen molar-refractivity contribution in [1.29, 1.82) is 0 Å². The van der Waals surface area contributed by atoms with Crippen LogP contribution >= 0.6 is 0 Å². The lowest BCUT2D eigenvalue weighted by Crippen LogP contribution is -1.80. The summed E-state index contributed by atoms with van der Waals surface area (Å²) in [7, 11) is 2.28. The molecule has 0 amide bonds. The molecule has 72 valence electrons. The molecule has 0 aromatic rings. The van der Waals surface area contributed by atoms with Gasteiger partial charge in [-0.05, 0) is 0 Å². The number of hydrogen-bond acceptors (Lipinski definition) is 0. The van der Waals surface area contributed by atoms with E-state index in [0.29, 0.717) is 0 Å². The molecule has 0 saturated heterocycles. The van der Waals surface area contributed by atoms with E-state index in [0.717, 1.165) is 0 Å². The molecule has 0 aromatic carbocycles. The fraction of sp³-hybridized carbons (Fsp3) is 1.00. The van der Waals surface area contributed by atoms with Gasteiger partial charge in [-0.25, -0.2) is 0 Å². The van der Waals surface area contributed by atoms with Crippen LogP contribution in [0.2, 0.25) is 6.32 Å². The van der Waals surface area contributed by atoms with E-state index in [1.165, 1.54) is 64.1 Å². The Bertz CT molecular complexity index is 61.4. The molecule has 0 radical (unpaired) electrons. The Balaban J connectivity index is 2.73. The molecular formula is C11H25B. The molecule has 0 heterocycles. The van der Waals surface area contributed by atoms with E-state index >= 15 is 0 Å². The van der Waals surface area contributed by atoms with Gasteiger partial charge in [0.2, 0.25) is 0 Å². The van der Waals surface area contributed by atoms with Crippen molar-refractivity contribution < 1.29 is 0 Å². The second-order valence-electron chi connectivity index (χ2n) is 3.83. The largest absolute Gasteiger partial charge is 0.101 e. The molecule has 0 atom stereocenters. The van der Waals surface area contributed by atoms with Crippen molar-refractivity contribution in [2.24, 2.45) is 0 Å². The first-order valence-electron chi connectivity index (χ1n) is 5.91. The average Bonchev–Trinajstić information content (AvgIpc) is 2.10. The van der Waals surface area contributed by atoms with Gasteiger partial charge in [0.1, 0.15) is 7.85 Å². The standard InChI is InChI=1S/C11H25B/c1-2-3-4-5-6-7-8-9-10-11-12/h2-12H2,1H3. The van der Waals surface area contributed by atoms with Crippen LogP contribution in [0.25, 0.3) is 0 Å². The lowest BCUT2D eigenvalue weighted by Gasteiger charge is -1.99. The molecule has 0 aliphatic heterocycles. The summed E-state index contributed by atoms with van der Waals surface area (Å²) >= 11 is 0. The van der Waals surface area contributed by atoms with Crippen LogP contribution in [-0.2, 0) is 0 Å². The average molecular weight is 168 g/mol. The van der Waals surface area contributed by atoms with Crippen molar-refractivity contribution in [2.45, 2.75) is 71.0 Å². The van der Waals surface area contributed by atoms with Gasteiger partial charge < -0.3 is 0 Å². The second kappa shape index (κ2) is 11.1. The van der Waals surface area contributed by atoms with Crippen molar-refractivity contribution in [2.75, 3.05) is 0 Å². The molecular weight excluding hydrogens is 143 g/mol. The molecule has 0 unspecified atom stereocenters. The van der Waals surface area contributed by atoms with Gasteiger partial charge in [0, 0.05) is 0 Å². The maximum absolute atomic E-state index is 2.28. The summed E-state index contributed by atoms with van der Waals surface area (Å²) < 4.78 is 0. The summed E-state index contributed by atoms with van der Waals surface area (Å²) in [4.78, 5) is 0. The Hall–Kier alpha value is 0.0649. The van der Waals surface area contributed by atoms with Crippen molar-refractivity contribution in [1.82, 2.24) is 0 Å². The first-order chi connectivity index (χ1) is 5.91.